The van der Waals surface area contributed by atoms with Crippen molar-refractivity contribution in [3.05, 3.63) is 28.5 Å². The standard InChI is InChI=1S/C15H20BrNO2/c16-12-4-3-8-17-13(12)14(18)11-5-9-19-15(10-11)6-1-2-7-15/h3-4,8,11,14,18H,1-2,5-7,9-10H2. The second-order valence-corrected chi connectivity index (χ2v) is 6.66. The van der Waals surface area contributed by atoms with Gasteiger partial charge in [-0.1, -0.05) is 12.8 Å². The maximum atomic E-state index is 10.6. The number of nitrogens with zero attached hydrogens (tertiary/aromatic N) is 1. The molecule has 1 aliphatic carbocycles. The van der Waals surface area contributed by atoms with Gasteiger partial charge in [-0.3, -0.25) is 4.98 Å². The third-order valence-electron chi connectivity index (χ3n) is 4.56. The van der Waals surface area contributed by atoms with Crippen molar-refractivity contribution >= 4 is 15.9 Å². The van der Waals surface area contributed by atoms with Gasteiger partial charge in [-0.2, -0.15) is 0 Å². The zero-order chi connectivity index (χ0) is 13.3. The number of aliphatic hydroxyl groups is 1. The zero-order valence-electron chi connectivity index (χ0n) is 11.0. The molecule has 0 bridgehead atoms. The molecule has 1 aromatic heterocycles. The second-order valence-electron chi connectivity index (χ2n) is 5.81. The van der Waals surface area contributed by atoms with Gasteiger partial charge in [-0.25, -0.2) is 0 Å². The third kappa shape index (κ3) is 2.71. The van der Waals surface area contributed by atoms with Crippen LogP contribution in [0, 0.1) is 5.92 Å². The van der Waals surface area contributed by atoms with Gasteiger partial charge in [0.25, 0.3) is 0 Å². The van der Waals surface area contributed by atoms with Crippen molar-refractivity contribution in [2.75, 3.05) is 6.61 Å². The van der Waals surface area contributed by atoms with Crippen molar-refractivity contribution in [1.82, 2.24) is 4.98 Å². The minimum absolute atomic E-state index is 0.0468. The topological polar surface area (TPSA) is 42.4 Å². The van der Waals surface area contributed by atoms with E-state index < -0.39 is 6.10 Å². The molecule has 2 aliphatic rings. The van der Waals surface area contributed by atoms with E-state index in [9.17, 15) is 5.11 Å². The predicted octanol–water partition coefficient (Wildman–Crippen LogP) is 3.62. The first-order valence-corrected chi connectivity index (χ1v) is 7.92. The van der Waals surface area contributed by atoms with Gasteiger partial charge in [-0.05, 0) is 59.7 Å². The Morgan fingerprint density at radius 3 is 2.95 bits per heavy atom. The van der Waals surface area contributed by atoms with E-state index in [1.165, 1.54) is 12.8 Å². The van der Waals surface area contributed by atoms with Crippen LogP contribution in [-0.2, 0) is 4.74 Å². The van der Waals surface area contributed by atoms with E-state index in [4.69, 9.17) is 4.74 Å². The molecule has 1 N–H and O–H groups in total. The minimum Gasteiger partial charge on any atom is -0.386 e. The fraction of sp³-hybridized carbons (Fsp3) is 0.667. The van der Waals surface area contributed by atoms with Crippen LogP contribution in [0.4, 0.5) is 0 Å². The molecule has 1 saturated heterocycles. The quantitative estimate of drug-likeness (QED) is 0.903. The highest BCUT2D eigenvalue weighted by Gasteiger charge is 2.42. The molecule has 0 radical (unpaired) electrons. The van der Waals surface area contributed by atoms with Crippen molar-refractivity contribution in [3.8, 4) is 0 Å². The van der Waals surface area contributed by atoms with Gasteiger partial charge < -0.3 is 9.84 Å². The maximum absolute atomic E-state index is 10.6. The Morgan fingerprint density at radius 2 is 2.21 bits per heavy atom. The molecule has 0 amide bonds. The van der Waals surface area contributed by atoms with Crippen molar-refractivity contribution in [2.24, 2.45) is 5.92 Å². The fourth-order valence-electron chi connectivity index (χ4n) is 3.54. The van der Waals surface area contributed by atoms with E-state index >= 15 is 0 Å². The highest BCUT2D eigenvalue weighted by Crippen LogP contribution is 2.45. The zero-order valence-corrected chi connectivity index (χ0v) is 12.6. The monoisotopic (exact) mass is 325 g/mol. The molecule has 19 heavy (non-hydrogen) atoms. The van der Waals surface area contributed by atoms with Crippen LogP contribution in [0.5, 0.6) is 0 Å². The molecule has 3 nitrogen and oxygen atoms in total. The largest absolute Gasteiger partial charge is 0.386 e. The van der Waals surface area contributed by atoms with E-state index in [1.807, 2.05) is 12.1 Å². The molecule has 3 rings (SSSR count). The summed E-state index contributed by atoms with van der Waals surface area (Å²) in [5.74, 6) is 0.262. The highest BCUT2D eigenvalue weighted by atomic mass is 79.9. The average molecular weight is 326 g/mol. The lowest BCUT2D eigenvalue weighted by Crippen LogP contribution is -2.39. The summed E-state index contributed by atoms with van der Waals surface area (Å²) in [6.45, 7) is 0.770. The molecule has 4 heteroatoms. The first-order chi connectivity index (χ1) is 9.20. The first kappa shape index (κ1) is 13.5. The van der Waals surface area contributed by atoms with Crippen molar-refractivity contribution < 1.29 is 9.84 Å². The van der Waals surface area contributed by atoms with E-state index in [2.05, 4.69) is 20.9 Å². The summed E-state index contributed by atoms with van der Waals surface area (Å²) in [5.41, 5.74) is 0.813. The lowest BCUT2D eigenvalue weighted by Gasteiger charge is -2.40. The summed E-state index contributed by atoms with van der Waals surface area (Å²) in [5, 5.41) is 10.6. The maximum Gasteiger partial charge on any atom is 0.100 e. The van der Waals surface area contributed by atoms with Crippen molar-refractivity contribution in [3.63, 3.8) is 0 Å². The molecule has 1 aliphatic heterocycles. The Balaban J connectivity index is 1.76. The van der Waals surface area contributed by atoms with Crippen LogP contribution in [0.15, 0.2) is 22.8 Å². The van der Waals surface area contributed by atoms with Crippen LogP contribution in [0.25, 0.3) is 0 Å². The van der Waals surface area contributed by atoms with E-state index in [0.29, 0.717) is 0 Å². The van der Waals surface area contributed by atoms with Crippen molar-refractivity contribution in [2.45, 2.75) is 50.2 Å². The lowest BCUT2D eigenvalue weighted by molar-refractivity contribution is -0.113. The van der Waals surface area contributed by atoms with Gasteiger partial charge in [0.2, 0.25) is 0 Å². The van der Waals surface area contributed by atoms with Gasteiger partial charge in [-0.15, -0.1) is 0 Å². The molecule has 1 spiro atoms. The average Bonchev–Trinajstić information content (AvgIpc) is 2.86. The first-order valence-electron chi connectivity index (χ1n) is 7.13. The van der Waals surface area contributed by atoms with E-state index in [1.54, 1.807) is 6.20 Å². The molecular weight excluding hydrogens is 306 g/mol. The van der Waals surface area contributed by atoms with Gasteiger partial charge in [0.05, 0.1) is 11.3 Å². The molecule has 1 aromatic rings. The molecule has 104 valence electrons. The number of ether oxygens (including phenoxy) is 1. The van der Waals surface area contributed by atoms with Crippen LogP contribution in [0.2, 0.25) is 0 Å². The normalized spacial score (nSPS) is 27.6. The lowest BCUT2D eigenvalue weighted by atomic mass is 9.81. The summed E-state index contributed by atoms with van der Waals surface area (Å²) in [6, 6.07) is 3.82. The molecular formula is C15H20BrNO2. The number of hydrogen-bond donors (Lipinski definition) is 1. The minimum atomic E-state index is -0.489. The van der Waals surface area contributed by atoms with Crippen molar-refractivity contribution in [1.29, 1.82) is 0 Å². The number of aliphatic hydroxyl groups excluding tert-OH is 1. The molecule has 0 aromatic carbocycles. The molecule has 2 heterocycles. The number of aromatic nitrogens is 1. The third-order valence-corrected chi connectivity index (χ3v) is 5.23. The summed E-state index contributed by atoms with van der Waals surface area (Å²) in [6.07, 6.45) is 7.97. The molecule has 2 atom stereocenters. The Labute approximate surface area is 122 Å². The summed E-state index contributed by atoms with van der Waals surface area (Å²) >= 11 is 3.48. The van der Waals surface area contributed by atoms with Crippen LogP contribution in [0.1, 0.15) is 50.3 Å². The van der Waals surface area contributed by atoms with Crippen LogP contribution in [0.3, 0.4) is 0 Å². The Bertz CT molecular complexity index is 446. The van der Waals surface area contributed by atoms with E-state index in [0.717, 1.165) is 42.5 Å². The number of pyridine rings is 1. The van der Waals surface area contributed by atoms with Crippen LogP contribution in [-0.4, -0.2) is 22.3 Å². The highest BCUT2D eigenvalue weighted by molar-refractivity contribution is 9.10. The molecule has 2 fully saturated rings. The van der Waals surface area contributed by atoms with E-state index in [-0.39, 0.29) is 11.5 Å². The summed E-state index contributed by atoms with van der Waals surface area (Å²) < 4.78 is 6.93. The van der Waals surface area contributed by atoms with Gasteiger partial charge in [0, 0.05) is 17.3 Å². The van der Waals surface area contributed by atoms with Gasteiger partial charge >= 0.3 is 0 Å². The van der Waals surface area contributed by atoms with Gasteiger partial charge in [0.15, 0.2) is 0 Å². The molecule has 2 unspecified atom stereocenters. The number of halogens is 1. The smallest absolute Gasteiger partial charge is 0.100 e. The van der Waals surface area contributed by atoms with Gasteiger partial charge in [0.1, 0.15) is 6.10 Å². The Morgan fingerprint density at radius 1 is 1.42 bits per heavy atom. The Hall–Kier alpha value is -0.450. The summed E-state index contributed by atoms with van der Waals surface area (Å²) in [7, 11) is 0. The van der Waals surface area contributed by atoms with Crippen LogP contribution < -0.4 is 0 Å². The Kier molecular flexibility index (Phi) is 3.92. The number of hydrogen-bond acceptors (Lipinski definition) is 3. The SMILES string of the molecule is OC(c1ncccc1Br)C1CCOC2(CCCC2)C1. The second kappa shape index (κ2) is 5.51. The molecule has 1 saturated carbocycles. The summed E-state index contributed by atoms with van der Waals surface area (Å²) in [4.78, 5) is 4.33. The van der Waals surface area contributed by atoms with Crippen LogP contribution >= 0.6 is 15.9 Å². The number of rotatable bonds is 2. The predicted molar refractivity (Wildman–Crippen MR) is 76.8 cm³/mol. The fourth-order valence-corrected chi connectivity index (χ4v) is 4.03.